The molecule has 1 aromatic heterocycles. The molecule has 0 aliphatic carbocycles. The number of aromatic nitrogens is 1. The van der Waals surface area contributed by atoms with Crippen LogP contribution < -0.4 is 15.8 Å². The quantitative estimate of drug-likeness (QED) is 0.685. The largest absolute Gasteiger partial charge is 0.456 e. The molecular weight excluding hydrogens is 318 g/mol. The summed E-state index contributed by atoms with van der Waals surface area (Å²) in [4.78, 5) is 15.7. The fourth-order valence-electron chi connectivity index (χ4n) is 2.33. The SMILES string of the molecule is CCc1cnc(CNc2cccc(Oc3ccccc3C(N)=O)c2)o1. The van der Waals surface area contributed by atoms with Crippen LogP contribution in [0.1, 0.15) is 28.9 Å². The van der Waals surface area contributed by atoms with E-state index in [1.807, 2.05) is 31.2 Å². The van der Waals surface area contributed by atoms with Gasteiger partial charge in [0, 0.05) is 18.2 Å². The molecule has 0 bridgehead atoms. The Balaban J connectivity index is 1.70. The average molecular weight is 337 g/mol. The molecule has 0 aliphatic heterocycles. The van der Waals surface area contributed by atoms with Gasteiger partial charge in [-0.1, -0.05) is 25.1 Å². The van der Waals surface area contributed by atoms with Crippen LogP contribution in [0.25, 0.3) is 0 Å². The molecule has 6 nitrogen and oxygen atoms in total. The van der Waals surface area contributed by atoms with Crippen molar-refractivity contribution in [3.05, 3.63) is 71.9 Å². The Kier molecular flexibility index (Phi) is 4.99. The molecule has 0 fully saturated rings. The highest BCUT2D eigenvalue weighted by Gasteiger charge is 2.09. The van der Waals surface area contributed by atoms with Gasteiger partial charge in [-0.25, -0.2) is 4.98 Å². The Labute approximate surface area is 145 Å². The maximum atomic E-state index is 11.5. The summed E-state index contributed by atoms with van der Waals surface area (Å²) in [6, 6.07) is 14.3. The number of rotatable bonds is 7. The summed E-state index contributed by atoms with van der Waals surface area (Å²) in [5, 5.41) is 3.23. The van der Waals surface area contributed by atoms with Gasteiger partial charge in [0.05, 0.1) is 18.3 Å². The number of para-hydroxylation sites is 1. The van der Waals surface area contributed by atoms with Gasteiger partial charge in [0.1, 0.15) is 17.3 Å². The van der Waals surface area contributed by atoms with Crippen LogP contribution in [0.3, 0.4) is 0 Å². The van der Waals surface area contributed by atoms with Crippen LogP contribution >= 0.6 is 0 Å². The number of benzene rings is 2. The highest BCUT2D eigenvalue weighted by Crippen LogP contribution is 2.27. The van der Waals surface area contributed by atoms with Crippen LogP contribution in [-0.4, -0.2) is 10.9 Å². The molecule has 0 aliphatic rings. The number of nitrogens with zero attached hydrogens (tertiary/aromatic N) is 1. The summed E-state index contributed by atoms with van der Waals surface area (Å²) in [5.74, 6) is 1.98. The first kappa shape index (κ1) is 16.6. The monoisotopic (exact) mass is 337 g/mol. The van der Waals surface area contributed by atoms with Crippen molar-refractivity contribution in [1.29, 1.82) is 0 Å². The molecule has 3 N–H and O–H groups in total. The van der Waals surface area contributed by atoms with Gasteiger partial charge in [-0.3, -0.25) is 4.79 Å². The van der Waals surface area contributed by atoms with Crippen molar-refractivity contribution in [3.63, 3.8) is 0 Å². The predicted molar refractivity (Wildman–Crippen MR) is 94.7 cm³/mol. The summed E-state index contributed by atoms with van der Waals surface area (Å²) in [7, 11) is 0. The van der Waals surface area contributed by atoms with E-state index in [1.165, 1.54) is 0 Å². The van der Waals surface area contributed by atoms with E-state index in [2.05, 4.69) is 10.3 Å². The standard InChI is InChI=1S/C19H19N3O3/c1-2-14-11-22-18(25-14)12-21-13-6-5-7-15(10-13)24-17-9-4-3-8-16(17)19(20)23/h3-11,21H,2,12H2,1H3,(H2,20,23). The third-order valence-electron chi connectivity index (χ3n) is 3.61. The molecule has 0 unspecified atom stereocenters. The van der Waals surface area contributed by atoms with Gasteiger partial charge < -0.3 is 20.2 Å². The zero-order valence-electron chi connectivity index (χ0n) is 13.9. The number of hydrogen-bond acceptors (Lipinski definition) is 5. The number of oxazole rings is 1. The molecule has 0 saturated carbocycles. The van der Waals surface area contributed by atoms with E-state index in [0.29, 0.717) is 29.5 Å². The van der Waals surface area contributed by atoms with Crippen molar-refractivity contribution < 1.29 is 13.9 Å². The Bertz CT molecular complexity index is 874. The smallest absolute Gasteiger partial charge is 0.252 e. The number of nitrogens with two attached hydrogens (primary N) is 1. The zero-order chi connectivity index (χ0) is 17.6. The van der Waals surface area contributed by atoms with Crippen molar-refractivity contribution in [1.82, 2.24) is 4.98 Å². The molecule has 128 valence electrons. The third-order valence-corrected chi connectivity index (χ3v) is 3.61. The topological polar surface area (TPSA) is 90.4 Å². The number of amides is 1. The maximum Gasteiger partial charge on any atom is 0.252 e. The maximum absolute atomic E-state index is 11.5. The molecule has 1 amide bonds. The lowest BCUT2D eigenvalue weighted by atomic mass is 10.2. The lowest BCUT2D eigenvalue weighted by Gasteiger charge is -2.11. The minimum absolute atomic E-state index is 0.341. The van der Waals surface area contributed by atoms with Crippen LogP contribution in [-0.2, 0) is 13.0 Å². The van der Waals surface area contributed by atoms with Gasteiger partial charge in [-0.05, 0) is 24.3 Å². The first-order valence-corrected chi connectivity index (χ1v) is 8.00. The molecule has 0 spiro atoms. The first-order chi connectivity index (χ1) is 12.2. The number of nitrogens with one attached hydrogen (secondary N) is 1. The van der Waals surface area contributed by atoms with Crippen molar-refractivity contribution in [3.8, 4) is 11.5 Å². The molecule has 0 atom stereocenters. The van der Waals surface area contributed by atoms with Crippen LogP contribution in [0.2, 0.25) is 0 Å². The van der Waals surface area contributed by atoms with E-state index in [4.69, 9.17) is 14.9 Å². The minimum atomic E-state index is -0.527. The number of aryl methyl sites for hydroxylation is 1. The highest BCUT2D eigenvalue weighted by atomic mass is 16.5. The van der Waals surface area contributed by atoms with Crippen LogP contribution in [0.5, 0.6) is 11.5 Å². The number of carbonyl (C=O) groups is 1. The molecule has 0 saturated heterocycles. The van der Waals surface area contributed by atoms with E-state index in [9.17, 15) is 4.79 Å². The van der Waals surface area contributed by atoms with E-state index in [1.54, 1.807) is 30.5 Å². The first-order valence-electron chi connectivity index (χ1n) is 8.00. The summed E-state index contributed by atoms with van der Waals surface area (Å²) >= 11 is 0. The van der Waals surface area contributed by atoms with Crippen LogP contribution in [0.4, 0.5) is 5.69 Å². The van der Waals surface area contributed by atoms with Gasteiger partial charge in [0.2, 0.25) is 5.89 Å². The second-order valence-electron chi connectivity index (χ2n) is 5.42. The highest BCUT2D eigenvalue weighted by molar-refractivity contribution is 5.95. The van der Waals surface area contributed by atoms with Crippen molar-refractivity contribution in [2.45, 2.75) is 19.9 Å². The Morgan fingerprint density at radius 3 is 2.84 bits per heavy atom. The molecule has 2 aromatic carbocycles. The molecule has 1 heterocycles. The predicted octanol–water partition coefficient (Wildman–Crippen LogP) is 3.74. The minimum Gasteiger partial charge on any atom is -0.456 e. The lowest BCUT2D eigenvalue weighted by Crippen LogP contribution is -2.12. The number of carbonyl (C=O) groups excluding carboxylic acids is 1. The van der Waals surface area contributed by atoms with Crippen molar-refractivity contribution in [2.75, 3.05) is 5.32 Å². The number of primary amides is 1. The summed E-state index contributed by atoms with van der Waals surface area (Å²) in [6.07, 6.45) is 2.55. The van der Waals surface area contributed by atoms with E-state index < -0.39 is 5.91 Å². The van der Waals surface area contributed by atoms with Gasteiger partial charge in [-0.2, -0.15) is 0 Å². The van der Waals surface area contributed by atoms with E-state index in [0.717, 1.165) is 17.9 Å². The lowest BCUT2D eigenvalue weighted by molar-refractivity contribution is 0.0998. The fraction of sp³-hybridized carbons (Fsp3) is 0.158. The van der Waals surface area contributed by atoms with E-state index >= 15 is 0 Å². The molecule has 25 heavy (non-hydrogen) atoms. The van der Waals surface area contributed by atoms with Crippen LogP contribution in [0.15, 0.2) is 59.1 Å². The van der Waals surface area contributed by atoms with E-state index in [-0.39, 0.29) is 0 Å². The number of ether oxygens (including phenoxy) is 1. The second kappa shape index (κ2) is 7.53. The normalized spacial score (nSPS) is 10.4. The van der Waals surface area contributed by atoms with Gasteiger partial charge in [0.15, 0.2) is 0 Å². The molecule has 0 radical (unpaired) electrons. The number of anilines is 1. The average Bonchev–Trinajstić information content (AvgIpc) is 3.09. The van der Waals surface area contributed by atoms with Crippen LogP contribution in [0, 0.1) is 0 Å². The van der Waals surface area contributed by atoms with Crippen molar-refractivity contribution in [2.24, 2.45) is 5.73 Å². The third kappa shape index (κ3) is 4.17. The summed E-state index contributed by atoms with van der Waals surface area (Å²) in [6.45, 7) is 2.49. The molecule has 3 aromatic rings. The van der Waals surface area contributed by atoms with Gasteiger partial charge in [-0.15, -0.1) is 0 Å². The molecular formula is C19H19N3O3. The number of hydrogen-bond donors (Lipinski definition) is 2. The van der Waals surface area contributed by atoms with Crippen molar-refractivity contribution >= 4 is 11.6 Å². The Morgan fingerprint density at radius 2 is 2.08 bits per heavy atom. The summed E-state index contributed by atoms with van der Waals surface area (Å²) < 4.78 is 11.4. The fourth-order valence-corrected chi connectivity index (χ4v) is 2.33. The second-order valence-corrected chi connectivity index (χ2v) is 5.42. The molecule has 3 rings (SSSR count). The molecule has 6 heteroatoms. The zero-order valence-corrected chi connectivity index (χ0v) is 13.9. The van der Waals surface area contributed by atoms with Gasteiger partial charge in [0.25, 0.3) is 5.91 Å². The Hall–Kier alpha value is -3.28. The Morgan fingerprint density at radius 1 is 1.24 bits per heavy atom. The van der Waals surface area contributed by atoms with Gasteiger partial charge >= 0.3 is 0 Å². The summed E-state index contributed by atoms with van der Waals surface area (Å²) in [5.41, 5.74) is 6.57.